The maximum atomic E-state index is 11.6. The molecule has 2 saturated heterocycles. The largest absolute Gasteiger partial charge is 0.355 e. The predicted octanol–water partition coefficient (Wildman–Crippen LogP) is 3.80. The Morgan fingerprint density at radius 2 is 1.91 bits per heavy atom. The fourth-order valence-electron chi connectivity index (χ4n) is 4.93. The van der Waals surface area contributed by atoms with Crippen molar-refractivity contribution in [3.05, 3.63) is 65.5 Å². The first-order chi connectivity index (χ1) is 16.6. The van der Waals surface area contributed by atoms with Crippen LogP contribution in [0, 0.1) is 0 Å². The van der Waals surface area contributed by atoms with Crippen molar-refractivity contribution in [3.63, 3.8) is 0 Å². The van der Waals surface area contributed by atoms with Gasteiger partial charge in [-0.1, -0.05) is 24.3 Å². The summed E-state index contributed by atoms with van der Waals surface area (Å²) < 4.78 is 2.22. The van der Waals surface area contributed by atoms with Gasteiger partial charge in [0.05, 0.1) is 17.6 Å². The van der Waals surface area contributed by atoms with Gasteiger partial charge in [-0.15, -0.1) is 0 Å². The number of para-hydroxylation sites is 2. The molecule has 3 aromatic rings. The number of carbonyl (C=O) groups is 2. The molecule has 2 fully saturated rings. The standard InChI is InChI=1S/C14H18N2O2.C13H17N3.H2/c1-15-14(18)12-5-2-4-11(8-12)13-6-3-7-16(9-13)10-17;1-15-12-7-3-2-6-11(12)14-13(15)10-16-8-4-5-9-16;/h2,4-5,8,10,13H,3,6-7,9H2,1H3,(H,15,18);2-3,6-7H,4-5,8-10H2,1H3;1H/t13-;;/m0../s1. The minimum absolute atomic E-state index is 0. The highest BCUT2D eigenvalue weighted by molar-refractivity contribution is 5.94. The van der Waals surface area contributed by atoms with E-state index in [1.54, 1.807) is 11.9 Å². The number of aryl methyl sites for hydroxylation is 1. The average Bonchev–Trinajstić information content (AvgIpc) is 3.52. The lowest BCUT2D eigenvalue weighted by Crippen LogP contribution is -2.33. The van der Waals surface area contributed by atoms with Crippen molar-refractivity contribution in [2.24, 2.45) is 7.05 Å². The van der Waals surface area contributed by atoms with Gasteiger partial charge in [-0.05, 0) is 68.6 Å². The van der Waals surface area contributed by atoms with Crippen molar-refractivity contribution in [3.8, 4) is 0 Å². The Balaban J connectivity index is 0.000000191. The van der Waals surface area contributed by atoms with E-state index < -0.39 is 0 Å². The van der Waals surface area contributed by atoms with E-state index in [2.05, 4.69) is 46.1 Å². The molecule has 0 saturated carbocycles. The van der Waals surface area contributed by atoms with E-state index in [1.807, 2.05) is 24.3 Å². The summed E-state index contributed by atoms with van der Waals surface area (Å²) in [5, 5.41) is 2.63. The third kappa shape index (κ3) is 5.65. The lowest BCUT2D eigenvalue weighted by molar-refractivity contribution is -0.119. The molecule has 1 N–H and O–H groups in total. The molecule has 5 rings (SSSR count). The zero-order valence-electron chi connectivity index (χ0n) is 20.2. The first-order valence-electron chi connectivity index (χ1n) is 12.2. The van der Waals surface area contributed by atoms with Gasteiger partial charge in [-0.3, -0.25) is 14.5 Å². The molecular weight excluding hydrogens is 426 g/mol. The zero-order chi connectivity index (χ0) is 23.9. The second kappa shape index (κ2) is 11.3. The van der Waals surface area contributed by atoms with Crippen molar-refractivity contribution in [2.75, 3.05) is 33.2 Å². The first-order valence-corrected chi connectivity index (χ1v) is 12.2. The molecule has 0 radical (unpaired) electrons. The minimum Gasteiger partial charge on any atom is -0.355 e. The molecule has 2 aliphatic rings. The number of nitrogens with zero attached hydrogens (tertiary/aromatic N) is 4. The quantitative estimate of drug-likeness (QED) is 0.585. The van der Waals surface area contributed by atoms with Crippen LogP contribution < -0.4 is 5.32 Å². The first kappa shape index (κ1) is 24.0. The van der Waals surface area contributed by atoms with Gasteiger partial charge in [0.1, 0.15) is 5.82 Å². The van der Waals surface area contributed by atoms with Crippen LogP contribution in [0.4, 0.5) is 0 Å². The highest BCUT2D eigenvalue weighted by Crippen LogP contribution is 2.26. The van der Waals surface area contributed by atoms with Gasteiger partial charge in [0.2, 0.25) is 6.41 Å². The van der Waals surface area contributed by atoms with Crippen LogP contribution in [0.25, 0.3) is 11.0 Å². The predicted molar refractivity (Wildman–Crippen MR) is 137 cm³/mol. The van der Waals surface area contributed by atoms with Crippen LogP contribution in [0.1, 0.15) is 54.8 Å². The van der Waals surface area contributed by atoms with Crippen LogP contribution >= 0.6 is 0 Å². The molecule has 0 aliphatic carbocycles. The van der Waals surface area contributed by atoms with Crippen molar-refractivity contribution in [2.45, 2.75) is 38.1 Å². The van der Waals surface area contributed by atoms with Crippen molar-refractivity contribution >= 4 is 23.4 Å². The lowest BCUT2D eigenvalue weighted by Gasteiger charge is -2.30. The Morgan fingerprint density at radius 1 is 1.12 bits per heavy atom. The molecule has 7 heteroatoms. The molecule has 0 spiro atoms. The Kier molecular flexibility index (Phi) is 7.95. The Morgan fingerprint density at radius 3 is 2.65 bits per heavy atom. The number of hydrogen-bond donors (Lipinski definition) is 1. The number of amides is 2. The minimum atomic E-state index is -0.0695. The number of fused-ring (bicyclic) bond motifs is 1. The Hall–Kier alpha value is -3.19. The van der Waals surface area contributed by atoms with Crippen molar-refractivity contribution in [1.29, 1.82) is 0 Å². The van der Waals surface area contributed by atoms with E-state index >= 15 is 0 Å². The van der Waals surface area contributed by atoms with E-state index in [4.69, 9.17) is 4.98 Å². The lowest BCUT2D eigenvalue weighted by atomic mass is 9.90. The topological polar surface area (TPSA) is 70.5 Å². The van der Waals surface area contributed by atoms with Gasteiger partial charge in [-0.2, -0.15) is 0 Å². The monoisotopic (exact) mass is 463 g/mol. The molecular formula is C27H37N5O2. The fourth-order valence-corrected chi connectivity index (χ4v) is 4.93. The summed E-state index contributed by atoms with van der Waals surface area (Å²) in [6.45, 7) is 5.04. The van der Waals surface area contributed by atoms with E-state index in [0.717, 1.165) is 50.0 Å². The molecule has 34 heavy (non-hydrogen) atoms. The Labute approximate surface area is 203 Å². The second-order valence-electron chi connectivity index (χ2n) is 9.20. The Bertz CT molecular complexity index is 1130. The maximum absolute atomic E-state index is 11.6. The number of nitrogens with one attached hydrogen (secondary N) is 1. The van der Waals surface area contributed by atoms with E-state index in [1.165, 1.54) is 37.3 Å². The fraction of sp³-hybridized carbons (Fsp3) is 0.444. The highest BCUT2D eigenvalue weighted by Gasteiger charge is 2.21. The van der Waals surface area contributed by atoms with Gasteiger partial charge in [0.15, 0.2) is 0 Å². The van der Waals surface area contributed by atoms with Gasteiger partial charge >= 0.3 is 0 Å². The molecule has 0 bridgehead atoms. The van der Waals surface area contributed by atoms with E-state index in [9.17, 15) is 9.59 Å². The van der Waals surface area contributed by atoms with Crippen molar-refractivity contribution < 1.29 is 11.0 Å². The maximum Gasteiger partial charge on any atom is 0.251 e. The molecule has 1 atom stereocenters. The van der Waals surface area contributed by atoms with E-state index in [0.29, 0.717) is 11.5 Å². The summed E-state index contributed by atoms with van der Waals surface area (Å²) in [5.41, 5.74) is 4.16. The molecule has 2 amide bonds. The SMILES string of the molecule is CNC(=O)c1cccc([C@H]2CCCN(C=O)C2)c1.Cn1c(CN2CCCC2)nc2ccccc21.[HH]. The van der Waals surface area contributed by atoms with Gasteiger partial charge in [-0.25, -0.2) is 4.98 Å². The normalized spacial score (nSPS) is 18.4. The summed E-state index contributed by atoms with van der Waals surface area (Å²) in [7, 11) is 3.74. The summed E-state index contributed by atoms with van der Waals surface area (Å²) >= 11 is 0. The van der Waals surface area contributed by atoms with Crippen LogP contribution in [-0.2, 0) is 18.4 Å². The van der Waals surface area contributed by atoms with Crippen LogP contribution in [0.3, 0.4) is 0 Å². The van der Waals surface area contributed by atoms with E-state index in [-0.39, 0.29) is 7.33 Å². The highest BCUT2D eigenvalue weighted by atomic mass is 16.1. The third-order valence-electron chi connectivity index (χ3n) is 6.89. The summed E-state index contributed by atoms with van der Waals surface area (Å²) in [6, 6.07) is 16.0. The molecule has 0 unspecified atom stereocenters. The number of hydrogen-bond acceptors (Lipinski definition) is 4. The number of aromatic nitrogens is 2. The van der Waals surface area contributed by atoms with Crippen LogP contribution in [0.2, 0.25) is 0 Å². The summed E-state index contributed by atoms with van der Waals surface area (Å²) in [6.07, 6.45) is 5.68. The third-order valence-corrected chi connectivity index (χ3v) is 6.89. The number of imidazole rings is 1. The number of carbonyl (C=O) groups excluding carboxylic acids is 2. The number of piperidine rings is 1. The molecule has 2 aromatic carbocycles. The van der Waals surface area contributed by atoms with Gasteiger partial charge in [0, 0.05) is 40.1 Å². The second-order valence-corrected chi connectivity index (χ2v) is 9.20. The van der Waals surface area contributed by atoms with Gasteiger partial charge in [0.25, 0.3) is 5.91 Å². The molecule has 1 aromatic heterocycles. The van der Waals surface area contributed by atoms with Crippen LogP contribution in [-0.4, -0.2) is 64.9 Å². The summed E-state index contributed by atoms with van der Waals surface area (Å²) in [4.78, 5) is 31.4. The smallest absolute Gasteiger partial charge is 0.251 e. The number of benzene rings is 2. The molecule has 7 nitrogen and oxygen atoms in total. The van der Waals surface area contributed by atoms with Crippen LogP contribution in [0.5, 0.6) is 0 Å². The number of likely N-dealkylation sites (tertiary alicyclic amines) is 2. The molecule has 2 aliphatic heterocycles. The van der Waals surface area contributed by atoms with Crippen LogP contribution in [0.15, 0.2) is 48.5 Å². The zero-order valence-corrected chi connectivity index (χ0v) is 20.2. The molecule has 182 valence electrons. The van der Waals surface area contributed by atoms with Crippen molar-refractivity contribution in [1.82, 2.24) is 24.7 Å². The average molecular weight is 464 g/mol. The van der Waals surface area contributed by atoms with Gasteiger partial charge < -0.3 is 14.8 Å². The summed E-state index contributed by atoms with van der Waals surface area (Å²) in [5.74, 6) is 1.46. The number of rotatable bonds is 5. The molecule has 3 heterocycles.